The minimum Gasteiger partial charge on any atom is -0.462 e. The quantitative estimate of drug-likeness (QED) is 0.285. The lowest BCUT2D eigenvalue weighted by molar-refractivity contribution is 0.0497. The molecule has 2 aromatic carbocycles. The van der Waals surface area contributed by atoms with Crippen LogP contribution in [0.5, 0.6) is 5.75 Å². The number of hydrogen-bond donors (Lipinski definition) is 0. The van der Waals surface area contributed by atoms with E-state index in [2.05, 4.69) is 6.92 Å². The van der Waals surface area contributed by atoms with Crippen molar-refractivity contribution in [3.8, 4) is 5.75 Å². The summed E-state index contributed by atoms with van der Waals surface area (Å²) in [5.74, 6) is -0.325. The van der Waals surface area contributed by atoms with Gasteiger partial charge >= 0.3 is 11.9 Å². The van der Waals surface area contributed by atoms with E-state index in [1.807, 2.05) is 6.07 Å². The van der Waals surface area contributed by atoms with Crippen molar-refractivity contribution in [2.75, 3.05) is 6.61 Å². The zero-order valence-corrected chi connectivity index (χ0v) is 16.0. The molecule has 27 heavy (non-hydrogen) atoms. The maximum Gasteiger partial charge on any atom is 0.343 e. The molecule has 0 bridgehead atoms. The number of carbonyl (C=O) groups excluding carboxylic acids is 2. The zero-order chi connectivity index (χ0) is 19.3. The summed E-state index contributed by atoms with van der Waals surface area (Å²) in [5.41, 5.74) is 0.830. The average molecular weight is 368 g/mol. The first kappa shape index (κ1) is 20.7. The first-order chi connectivity index (χ1) is 13.2. The summed E-state index contributed by atoms with van der Waals surface area (Å²) < 4.78 is 10.6. The number of ether oxygens (including phenoxy) is 2. The number of carbonyl (C=O) groups is 2. The topological polar surface area (TPSA) is 52.6 Å². The second-order valence-corrected chi connectivity index (χ2v) is 6.54. The summed E-state index contributed by atoms with van der Waals surface area (Å²) in [4.78, 5) is 24.1. The van der Waals surface area contributed by atoms with E-state index in [4.69, 9.17) is 9.47 Å². The number of unbranched alkanes of at least 4 members (excludes halogenated alkanes) is 6. The third-order valence-electron chi connectivity index (χ3n) is 4.29. The molecule has 2 aromatic rings. The Bertz CT molecular complexity index is 692. The Morgan fingerprint density at radius 1 is 0.704 bits per heavy atom. The molecule has 0 aliphatic heterocycles. The van der Waals surface area contributed by atoms with Gasteiger partial charge in [0.1, 0.15) is 5.75 Å². The third kappa shape index (κ3) is 7.65. The molecule has 0 saturated heterocycles. The van der Waals surface area contributed by atoms with Crippen molar-refractivity contribution in [1.29, 1.82) is 0 Å². The van der Waals surface area contributed by atoms with Crippen LogP contribution in [0, 0.1) is 0 Å². The normalized spacial score (nSPS) is 10.4. The van der Waals surface area contributed by atoms with Crippen molar-refractivity contribution in [3.05, 3.63) is 65.7 Å². The van der Waals surface area contributed by atoms with Crippen molar-refractivity contribution < 1.29 is 19.1 Å². The first-order valence-electron chi connectivity index (χ1n) is 9.75. The molecule has 144 valence electrons. The lowest BCUT2D eigenvalue weighted by Gasteiger charge is -2.07. The zero-order valence-electron chi connectivity index (χ0n) is 16.0. The highest BCUT2D eigenvalue weighted by Crippen LogP contribution is 2.13. The van der Waals surface area contributed by atoms with Gasteiger partial charge in [-0.3, -0.25) is 0 Å². The largest absolute Gasteiger partial charge is 0.462 e. The van der Waals surface area contributed by atoms with Crippen molar-refractivity contribution in [2.24, 2.45) is 0 Å². The van der Waals surface area contributed by atoms with Crippen molar-refractivity contribution in [1.82, 2.24) is 0 Å². The van der Waals surface area contributed by atoms with Crippen LogP contribution in [-0.2, 0) is 4.74 Å². The summed E-state index contributed by atoms with van der Waals surface area (Å²) in [5, 5.41) is 0. The molecule has 0 aliphatic carbocycles. The molecule has 0 saturated carbocycles. The molecule has 0 heterocycles. The van der Waals surface area contributed by atoms with Crippen LogP contribution in [0.2, 0.25) is 0 Å². The fourth-order valence-corrected chi connectivity index (χ4v) is 2.70. The van der Waals surface area contributed by atoms with Crippen LogP contribution in [0.1, 0.15) is 72.6 Å². The molecule has 4 nitrogen and oxygen atoms in total. The monoisotopic (exact) mass is 368 g/mol. The van der Waals surface area contributed by atoms with Crippen molar-refractivity contribution in [3.63, 3.8) is 0 Å². The summed E-state index contributed by atoms with van der Waals surface area (Å²) in [6.07, 6.45) is 8.25. The van der Waals surface area contributed by atoms with E-state index in [1.165, 1.54) is 32.1 Å². The second kappa shape index (κ2) is 11.9. The van der Waals surface area contributed by atoms with Crippen LogP contribution in [0.25, 0.3) is 0 Å². The molecule has 2 rings (SSSR count). The summed E-state index contributed by atoms with van der Waals surface area (Å²) in [6, 6.07) is 15.2. The van der Waals surface area contributed by atoms with E-state index in [0.29, 0.717) is 23.5 Å². The molecule has 0 aliphatic rings. The number of rotatable bonds is 11. The lowest BCUT2D eigenvalue weighted by Crippen LogP contribution is -2.10. The molecule has 0 atom stereocenters. The standard InChI is InChI=1S/C23H28O4/c1-2-3-4-5-6-7-11-18-26-22(24)19-14-16-20(17-15-19)23(25)27-21-12-9-8-10-13-21/h8-10,12-17H,2-7,11,18H2,1H3. The van der Waals surface area contributed by atoms with E-state index in [0.717, 1.165) is 12.8 Å². The predicted octanol–water partition coefficient (Wildman–Crippen LogP) is 5.81. The summed E-state index contributed by atoms with van der Waals surface area (Å²) in [6.45, 7) is 2.64. The molecule has 0 fully saturated rings. The van der Waals surface area contributed by atoms with Crippen LogP contribution in [0.15, 0.2) is 54.6 Å². The smallest absolute Gasteiger partial charge is 0.343 e. The van der Waals surface area contributed by atoms with E-state index in [9.17, 15) is 9.59 Å². The van der Waals surface area contributed by atoms with Gasteiger partial charge in [0.05, 0.1) is 17.7 Å². The van der Waals surface area contributed by atoms with Gasteiger partial charge in [-0.25, -0.2) is 9.59 Å². The predicted molar refractivity (Wildman–Crippen MR) is 106 cm³/mol. The average Bonchev–Trinajstić information content (AvgIpc) is 2.70. The highest BCUT2D eigenvalue weighted by Gasteiger charge is 2.11. The maximum absolute atomic E-state index is 12.1. The number of esters is 2. The van der Waals surface area contributed by atoms with Gasteiger partial charge in [-0.2, -0.15) is 0 Å². The highest BCUT2D eigenvalue weighted by atomic mass is 16.5. The molecule has 0 spiro atoms. The number of hydrogen-bond acceptors (Lipinski definition) is 4. The van der Waals surface area contributed by atoms with Crippen LogP contribution in [0.4, 0.5) is 0 Å². The molecule has 4 heteroatoms. The fraction of sp³-hybridized carbons (Fsp3) is 0.391. The van der Waals surface area contributed by atoms with E-state index < -0.39 is 5.97 Å². The van der Waals surface area contributed by atoms with Crippen LogP contribution >= 0.6 is 0 Å². The van der Waals surface area contributed by atoms with Gasteiger partial charge in [-0.15, -0.1) is 0 Å². The molecule has 0 radical (unpaired) electrons. The molecule has 0 N–H and O–H groups in total. The Morgan fingerprint density at radius 2 is 1.26 bits per heavy atom. The Kier molecular flexibility index (Phi) is 9.11. The molecular formula is C23H28O4. The molecule has 0 amide bonds. The summed E-state index contributed by atoms with van der Waals surface area (Å²) in [7, 11) is 0. The Balaban J connectivity index is 1.71. The Labute approximate surface area is 161 Å². The Morgan fingerprint density at radius 3 is 1.89 bits per heavy atom. The van der Waals surface area contributed by atoms with Gasteiger partial charge in [0.25, 0.3) is 0 Å². The third-order valence-corrected chi connectivity index (χ3v) is 4.29. The molecule has 0 aromatic heterocycles. The second-order valence-electron chi connectivity index (χ2n) is 6.54. The number of benzene rings is 2. The van der Waals surface area contributed by atoms with Gasteiger partial charge in [0, 0.05) is 0 Å². The van der Waals surface area contributed by atoms with E-state index >= 15 is 0 Å². The summed E-state index contributed by atoms with van der Waals surface area (Å²) >= 11 is 0. The molecular weight excluding hydrogens is 340 g/mol. The highest BCUT2D eigenvalue weighted by molar-refractivity contribution is 5.94. The van der Waals surface area contributed by atoms with E-state index in [-0.39, 0.29) is 5.97 Å². The Hall–Kier alpha value is -2.62. The van der Waals surface area contributed by atoms with Crippen LogP contribution in [0.3, 0.4) is 0 Å². The first-order valence-corrected chi connectivity index (χ1v) is 9.75. The molecule has 0 unspecified atom stereocenters. The van der Waals surface area contributed by atoms with Gasteiger partial charge in [0.2, 0.25) is 0 Å². The van der Waals surface area contributed by atoms with Gasteiger partial charge in [-0.05, 0) is 42.8 Å². The van der Waals surface area contributed by atoms with Crippen LogP contribution in [-0.4, -0.2) is 18.5 Å². The minimum absolute atomic E-state index is 0.357. The van der Waals surface area contributed by atoms with Gasteiger partial charge in [0.15, 0.2) is 0 Å². The number of para-hydroxylation sites is 1. The minimum atomic E-state index is -0.454. The lowest BCUT2D eigenvalue weighted by atomic mass is 10.1. The SMILES string of the molecule is CCCCCCCCCOC(=O)c1ccc(C(=O)Oc2ccccc2)cc1. The van der Waals surface area contributed by atoms with Crippen molar-refractivity contribution >= 4 is 11.9 Å². The van der Waals surface area contributed by atoms with Gasteiger partial charge in [-0.1, -0.05) is 63.6 Å². The van der Waals surface area contributed by atoms with Gasteiger partial charge < -0.3 is 9.47 Å². The fourth-order valence-electron chi connectivity index (χ4n) is 2.70. The van der Waals surface area contributed by atoms with E-state index in [1.54, 1.807) is 48.5 Å². The van der Waals surface area contributed by atoms with Crippen molar-refractivity contribution in [2.45, 2.75) is 51.9 Å². The maximum atomic E-state index is 12.1. The van der Waals surface area contributed by atoms with Crippen LogP contribution < -0.4 is 4.74 Å².